The summed E-state index contributed by atoms with van der Waals surface area (Å²) in [5.41, 5.74) is 2.96. The molecule has 1 heterocycles. The van der Waals surface area contributed by atoms with E-state index < -0.39 is 12.7 Å². The minimum atomic E-state index is -4.77. The zero-order valence-corrected chi connectivity index (χ0v) is 17.3. The van der Waals surface area contributed by atoms with Crippen LogP contribution in [-0.4, -0.2) is 23.1 Å². The fourth-order valence-electron chi connectivity index (χ4n) is 3.27. The first kappa shape index (κ1) is 21.8. The lowest BCUT2D eigenvalue weighted by atomic mass is 10.0. The van der Waals surface area contributed by atoms with Gasteiger partial charge in [0.15, 0.2) is 6.29 Å². The van der Waals surface area contributed by atoms with Crippen molar-refractivity contribution in [2.24, 2.45) is 7.05 Å². The molecule has 0 bridgehead atoms. The molecule has 29 heavy (non-hydrogen) atoms. The Labute approximate surface area is 175 Å². The highest BCUT2D eigenvalue weighted by Gasteiger charge is 2.31. The summed E-state index contributed by atoms with van der Waals surface area (Å²) in [6, 6.07) is 7.75. The molecule has 0 aliphatic carbocycles. The molecule has 1 aromatic heterocycles. The Morgan fingerprint density at radius 2 is 1.86 bits per heavy atom. The zero-order chi connectivity index (χ0) is 21.5. The number of nitrogens with zero attached hydrogens (tertiary/aromatic N) is 1. The van der Waals surface area contributed by atoms with Gasteiger partial charge in [-0.2, -0.15) is 0 Å². The molecular formula is C20H18Cl2F3NO3. The molecule has 0 aliphatic heterocycles. The van der Waals surface area contributed by atoms with Crippen molar-refractivity contribution >= 4 is 34.1 Å². The van der Waals surface area contributed by atoms with Crippen molar-refractivity contribution in [2.45, 2.75) is 26.0 Å². The summed E-state index contributed by atoms with van der Waals surface area (Å²) in [5, 5.41) is 11.4. The van der Waals surface area contributed by atoms with Gasteiger partial charge in [0.2, 0.25) is 0 Å². The number of aryl methyl sites for hydroxylation is 2. The van der Waals surface area contributed by atoms with Crippen molar-refractivity contribution < 1.29 is 27.8 Å². The quantitative estimate of drug-likeness (QED) is 0.493. The second-order valence-electron chi connectivity index (χ2n) is 6.61. The summed E-state index contributed by atoms with van der Waals surface area (Å²) in [4.78, 5) is 0. The molecule has 2 aromatic carbocycles. The van der Waals surface area contributed by atoms with Gasteiger partial charge in [-0.1, -0.05) is 29.3 Å². The Bertz CT molecular complexity index is 1060. The van der Waals surface area contributed by atoms with Crippen LogP contribution in [0.15, 0.2) is 30.3 Å². The fourth-order valence-corrected chi connectivity index (χ4v) is 3.87. The fraction of sp³-hybridized carbons (Fsp3) is 0.300. The first-order valence-electron chi connectivity index (χ1n) is 8.54. The molecule has 0 saturated heterocycles. The van der Waals surface area contributed by atoms with Gasteiger partial charge in [0.25, 0.3) is 0 Å². The molecule has 4 nitrogen and oxygen atoms in total. The lowest BCUT2D eigenvalue weighted by molar-refractivity contribution is -0.274. The molecule has 156 valence electrons. The number of hydrogen-bond acceptors (Lipinski definition) is 3. The van der Waals surface area contributed by atoms with E-state index in [4.69, 9.17) is 27.9 Å². The predicted octanol–water partition coefficient (Wildman–Crippen LogP) is 5.92. The van der Waals surface area contributed by atoms with Crippen molar-refractivity contribution in [3.8, 4) is 5.75 Å². The molecule has 1 unspecified atom stereocenters. The summed E-state index contributed by atoms with van der Waals surface area (Å²) >= 11 is 12.8. The van der Waals surface area contributed by atoms with E-state index in [1.54, 1.807) is 30.7 Å². The number of alkyl halides is 3. The van der Waals surface area contributed by atoms with Crippen LogP contribution in [0.1, 0.15) is 28.7 Å². The number of benzene rings is 2. The lowest BCUT2D eigenvalue weighted by Crippen LogP contribution is -2.17. The van der Waals surface area contributed by atoms with Gasteiger partial charge in [-0.15, -0.1) is 13.2 Å². The second-order valence-corrected chi connectivity index (χ2v) is 7.39. The molecular weight excluding hydrogens is 430 g/mol. The standard InChI is InChI=1S/C20H18Cl2F3NO3/c1-10-6-12(29-20(23,24)25)9-17-14(10)7-11(26(17)2)8-15-16(21)5-4-13(18(15)22)19(27)28-3/h4-7,9,19,27H,8H2,1-3H3. The molecule has 1 atom stereocenters. The number of aliphatic hydroxyl groups is 1. The zero-order valence-electron chi connectivity index (χ0n) is 15.8. The molecule has 1 N–H and O–H groups in total. The summed E-state index contributed by atoms with van der Waals surface area (Å²) < 4.78 is 48.5. The smallest absolute Gasteiger partial charge is 0.406 e. The number of fused-ring (bicyclic) bond motifs is 1. The summed E-state index contributed by atoms with van der Waals surface area (Å²) in [7, 11) is 3.09. The normalized spacial score (nSPS) is 13.1. The van der Waals surface area contributed by atoms with Gasteiger partial charge in [0.05, 0.1) is 10.5 Å². The monoisotopic (exact) mass is 447 g/mol. The van der Waals surface area contributed by atoms with Crippen molar-refractivity contribution in [2.75, 3.05) is 7.11 Å². The van der Waals surface area contributed by atoms with E-state index in [0.29, 0.717) is 33.7 Å². The Morgan fingerprint density at radius 3 is 2.48 bits per heavy atom. The van der Waals surface area contributed by atoms with E-state index in [0.717, 1.165) is 11.1 Å². The number of ether oxygens (including phenoxy) is 2. The lowest BCUT2D eigenvalue weighted by Gasteiger charge is -2.15. The van der Waals surface area contributed by atoms with Crippen LogP contribution < -0.4 is 4.74 Å². The Balaban J connectivity index is 2.06. The van der Waals surface area contributed by atoms with Gasteiger partial charge in [0.1, 0.15) is 5.75 Å². The van der Waals surface area contributed by atoms with Crippen molar-refractivity contribution in [3.63, 3.8) is 0 Å². The Hall–Kier alpha value is -1.93. The highest BCUT2D eigenvalue weighted by molar-refractivity contribution is 6.36. The van der Waals surface area contributed by atoms with Crippen LogP contribution in [0.25, 0.3) is 10.9 Å². The molecule has 0 saturated carbocycles. The highest BCUT2D eigenvalue weighted by Crippen LogP contribution is 2.36. The number of aromatic nitrogens is 1. The van der Waals surface area contributed by atoms with Gasteiger partial charge in [-0.25, -0.2) is 0 Å². The predicted molar refractivity (Wildman–Crippen MR) is 106 cm³/mol. The minimum Gasteiger partial charge on any atom is -0.406 e. The van der Waals surface area contributed by atoms with Gasteiger partial charge < -0.3 is 19.1 Å². The number of rotatable bonds is 5. The molecule has 0 spiro atoms. The van der Waals surface area contributed by atoms with Crippen LogP contribution in [0.2, 0.25) is 10.0 Å². The van der Waals surface area contributed by atoms with Crippen LogP contribution in [0, 0.1) is 6.92 Å². The summed E-state index contributed by atoms with van der Waals surface area (Å²) in [5.74, 6) is -0.281. The van der Waals surface area contributed by atoms with Crippen LogP contribution in [0.3, 0.4) is 0 Å². The number of halogens is 5. The summed E-state index contributed by atoms with van der Waals surface area (Å²) in [6.45, 7) is 1.71. The topological polar surface area (TPSA) is 43.6 Å². The van der Waals surface area contributed by atoms with E-state index >= 15 is 0 Å². The maximum absolute atomic E-state index is 12.6. The molecule has 0 amide bonds. The third kappa shape index (κ3) is 4.48. The molecule has 0 fully saturated rings. The molecule has 0 radical (unpaired) electrons. The van der Waals surface area contributed by atoms with Gasteiger partial charge in [-0.3, -0.25) is 0 Å². The van der Waals surface area contributed by atoms with Crippen molar-refractivity contribution in [3.05, 3.63) is 62.8 Å². The molecule has 3 rings (SSSR count). The largest absolute Gasteiger partial charge is 0.573 e. The molecule has 0 aliphatic rings. The molecule has 9 heteroatoms. The number of methoxy groups -OCH3 is 1. The van der Waals surface area contributed by atoms with E-state index in [-0.39, 0.29) is 10.8 Å². The van der Waals surface area contributed by atoms with Gasteiger partial charge in [-0.05, 0) is 36.2 Å². The van der Waals surface area contributed by atoms with Crippen molar-refractivity contribution in [1.82, 2.24) is 4.57 Å². The van der Waals surface area contributed by atoms with E-state index in [1.165, 1.54) is 19.2 Å². The van der Waals surface area contributed by atoms with Crippen molar-refractivity contribution in [1.29, 1.82) is 0 Å². The minimum absolute atomic E-state index is 0.273. The maximum atomic E-state index is 12.6. The van der Waals surface area contributed by atoms with E-state index in [2.05, 4.69) is 4.74 Å². The maximum Gasteiger partial charge on any atom is 0.573 e. The molecule has 3 aromatic rings. The third-order valence-electron chi connectivity index (χ3n) is 4.74. The Morgan fingerprint density at radius 1 is 1.17 bits per heavy atom. The Kier molecular flexibility index (Phi) is 6.06. The first-order chi connectivity index (χ1) is 13.5. The van der Waals surface area contributed by atoms with Crippen LogP contribution in [-0.2, 0) is 18.2 Å². The van der Waals surface area contributed by atoms with Crippen LogP contribution >= 0.6 is 23.2 Å². The highest BCUT2D eigenvalue weighted by atomic mass is 35.5. The number of hydrogen-bond donors (Lipinski definition) is 1. The average molecular weight is 448 g/mol. The first-order valence-corrected chi connectivity index (χ1v) is 9.29. The van der Waals surface area contributed by atoms with Gasteiger partial charge in [0, 0.05) is 48.3 Å². The second kappa shape index (κ2) is 8.07. The SMILES string of the molecule is COC(O)c1ccc(Cl)c(Cc2cc3c(C)cc(OC(F)(F)F)cc3n2C)c1Cl. The van der Waals surface area contributed by atoms with Gasteiger partial charge >= 0.3 is 6.36 Å². The van der Waals surface area contributed by atoms with Crippen LogP contribution in [0.5, 0.6) is 5.75 Å². The summed E-state index contributed by atoms with van der Waals surface area (Å²) in [6.07, 6.45) is -5.66. The van der Waals surface area contributed by atoms with Crippen LogP contribution in [0.4, 0.5) is 13.2 Å². The van der Waals surface area contributed by atoms with E-state index in [9.17, 15) is 18.3 Å². The van der Waals surface area contributed by atoms with E-state index in [1.807, 2.05) is 6.07 Å². The number of aliphatic hydroxyl groups excluding tert-OH is 1. The third-order valence-corrected chi connectivity index (χ3v) is 5.54. The average Bonchev–Trinajstić information content (AvgIpc) is 2.93.